The second-order valence-electron chi connectivity index (χ2n) is 8.38. The quantitative estimate of drug-likeness (QED) is 0.612. The molecule has 2 saturated carbocycles. The van der Waals surface area contributed by atoms with Gasteiger partial charge in [-0.25, -0.2) is 13.4 Å². The van der Waals surface area contributed by atoms with Crippen molar-refractivity contribution >= 4 is 49.9 Å². The fourth-order valence-electron chi connectivity index (χ4n) is 4.70. The van der Waals surface area contributed by atoms with Crippen LogP contribution in [0.3, 0.4) is 0 Å². The van der Waals surface area contributed by atoms with Gasteiger partial charge in [0.15, 0.2) is 21.1 Å². The average molecular weight is 442 g/mol. The van der Waals surface area contributed by atoms with Crippen LogP contribution in [0.5, 0.6) is 0 Å². The van der Waals surface area contributed by atoms with E-state index in [2.05, 4.69) is 27.1 Å². The molecule has 1 N–H and O–H groups in total. The SMILES string of the molecule is C[C@@H]1C[C@H](CS(=O)(=O)CC2CC2(Cl)Cl)C[C@@H]1c1nnc2cnc3[nH]ccc3n12. The van der Waals surface area contributed by atoms with Gasteiger partial charge in [-0.1, -0.05) is 6.92 Å². The highest BCUT2D eigenvalue weighted by molar-refractivity contribution is 7.91. The van der Waals surface area contributed by atoms with E-state index in [-0.39, 0.29) is 29.3 Å². The van der Waals surface area contributed by atoms with E-state index in [0.717, 1.165) is 29.8 Å². The molecule has 3 aromatic heterocycles. The predicted octanol–water partition coefficient (Wildman–Crippen LogP) is 3.34. The third kappa shape index (κ3) is 3.19. The second-order valence-corrected chi connectivity index (χ2v) is 12.1. The summed E-state index contributed by atoms with van der Waals surface area (Å²) in [6, 6.07) is 1.96. The van der Waals surface area contributed by atoms with Crippen LogP contribution in [0.15, 0.2) is 18.5 Å². The molecule has 28 heavy (non-hydrogen) atoms. The standard InChI is InChI=1S/C18H21Cl2N5O2S/c1-10-4-11(8-28(26,27)9-12-6-18(12,19)20)5-13(10)17-24-23-15-7-22-16-14(25(15)17)2-3-21-16/h2-3,7,10-13,21H,4-6,8-9H2,1H3/t10-,11+,12?,13+/m1/s1. The monoisotopic (exact) mass is 441 g/mol. The van der Waals surface area contributed by atoms with Gasteiger partial charge in [-0.15, -0.1) is 33.4 Å². The molecular weight excluding hydrogens is 421 g/mol. The Hall–Kier alpha value is -1.38. The molecule has 0 amide bonds. The Labute approximate surface area is 172 Å². The molecule has 2 aliphatic rings. The lowest BCUT2D eigenvalue weighted by Gasteiger charge is -2.13. The predicted molar refractivity (Wildman–Crippen MR) is 108 cm³/mol. The summed E-state index contributed by atoms with van der Waals surface area (Å²) < 4.78 is 26.4. The Kier molecular flexibility index (Phi) is 4.20. The zero-order valence-electron chi connectivity index (χ0n) is 15.3. The van der Waals surface area contributed by atoms with Crippen molar-refractivity contribution in [3.63, 3.8) is 0 Å². The van der Waals surface area contributed by atoms with Crippen molar-refractivity contribution in [2.75, 3.05) is 11.5 Å². The van der Waals surface area contributed by atoms with Gasteiger partial charge in [-0.05, 0) is 37.2 Å². The fourth-order valence-corrected chi connectivity index (χ4v) is 7.55. The van der Waals surface area contributed by atoms with Crippen molar-refractivity contribution in [2.24, 2.45) is 17.8 Å². The third-order valence-corrected chi connectivity index (χ3v) is 8.99. The molecule has 1 unspecified atom stereocenters. The average Bonchev–Trinajstić information content (AvgIpc) is 3.06. The van der Waals surface area contributed by atoms with Gasteiger partial charge in [0.2, 0.25) is 0 Å². The van der Waals surface area contributed by atoms with Gasteiger partial charge >= 0.3 is 0 Å². The smallest absolute Gasteiger partial charge is 0.179 e. The summed E-state index contributed by atoms with van der Waals surface area (Å²) in [4.78, 5) is 7.47. The first kappa shape index (κ1) is 18.6. The summed E-state index contributed by atoms with van der Waals surface area (Å²) in [5.74, 6) is 1.63. The molecule has 0 bridgehead atoms. The number of aromatic amines is 1. The van der Waals surface area contributed by atoms with E-state index in [9.17, 15) is 8.42 Å². The van der Waals surface area contributed by atoms with Crippen molar-refractivity contribution in [1.82, 2.24) is 24.6 Å². The molecule has 3 aromatic rings. The second kappa shape index (κ2) is 6.31. The van der Waals surface area contributed by atoms with Crippen molar-refractivity contribution in [3.8, 4) is 0 Å². The minimum atomic E-state index is -3.18. The van der Waals surface area contributed by atoms with Gasteiger partial charge in [-0.3, -0.25) is 4.40 Å². The van der Waals surface area contributed by atoms with E-state index in [0.29, 0.717) is 18.0 Å². The van der Waals surface area contributed by atoms with Crippen LogP contribution in [-0.4, -0.2) is 48.8 Å². The van der Waals surface area contributed by atoms with Crippen LogP contribution in [0.1, 0.15) is 37.9 Å². The summed E-state index contributed by atoms with van der Waals surface area (Å²) in [7, 11) is -3.18. The molecule has 4 atom stereocenters. The summed E-state index contributed by atoms with van der Waals surface area (Å²) in [6.45, 7) is 2.16. The fraction of sp³-hybridized carbons (Fsp3) is 0.611. The van der Waals surface area contributed by atoms with Gasteiger partial charge in [0, 0.05) is 18.0 Å². The largest absolute Gasteiger partial charge is 0.345 e. The lowest BCUT2D eigenvalue weighted by Crippen LogP contribution is -2.20. The summed E-state index contributed by atoms with van der Waals surface area (Å²) in [5, 5.41) is 8.72. The van der Waals surface area contributed by atoms with Gasteiger partial charge in [0.1, 0.15) is 10.2 Å². The number of nitrogens with one attached hydrogen (secondary N) is 1. The Morgan fingerprint density at radius 1 is 1.29 bits per heavy atom. The van der Waals surface area contributed by atoms with Crippen LogP contribution in [0, 0.1) is 17.8 Å². The number of alkyl halides is 2. The molecule has 150 valence electrons. The first-order chi connectivity index (χ1) is 13.2. The Balaban J connectivity index is 1.38. The number of rotatable bonds is 5. The first-order valence-corrected chi connectivity index (χ1v) is 12.1. The molecule has 0 spiro atoms. The van der Waals surface area contributed by atoms with Crippen molar-refractivity contribution in [2.45, 2.75) is 36.4 Å². The van der Waals surface area contributed by atoms with E-state index in [1.165, 1.54) is 0 Å². The molecule has 3 heterocycles. The highest BCUT2D eigenvalue weighted by Gasteiger charge is 2.53. The summed E-state index contributed by atoms with van der Waals surface area (Å²) in [5.41, 5.74) is 2.43. The van der Waals surface area contributed by atoms with E-state index in [1.54, 1.807) is 6.20 Å². The lowest BCUT2D eigenvalue weighted by atomic mass is 9.97. The zero-order chi connectivity index (χ0) is 19.7. The summed E-state index contributed by atoms with van der Waals surface area (Å²) >= 11 is 12.0. The van der Waals surface area contributed by atoms with Crippen molar-refractivity contribution < 1.29 is 8.42 Å². The van der Waals surface area contributed by atoms with Crippen LogP contribution in [0.4, 0.5) is 0 Å². The number of hydrogen-bond donors (Lipinski definition) is 1. The van der Waals surface area contributed by atoms with Crippen LogP contribution in [-0.2, 0) is 9.84 Å². The van der Waals surface area contributed by atoms with Gasteiger partial charge in [-0.2, -0.15) is 0 Å². The molecule has 0 saturated heterocycles. The zero-order valence-corrected chi connectivity index (χ0v) is 17.7. The number of nitrogens with zero attached hydrogens (tertiary/aromatic N) is 4. The normalized spacial score (nSPS) is 29.7. The first-order valence-electron chi connectivity index (χ1n) is 9.49. The molecule has 7 nitrogen and oxygen atoms in total. The maximum absolute atomic E-state index is 12.6. The molecule has 0 aromatic carbocycles. The molecular formula is C18H21Cl2N5O2S. The number of H-pyrrole nitrogens is 1. The minimum Gasteiger partial charge on any atom is -0.345 e. The highest BCUT2D eigenvalue weighted by atomic mass is 35.5. The van der Waals surface area contributed by atoms with Crippen molar-refractivity contribution in [1.29, 1.82) is 0 Å². The van der Waals surface area contributed by atoms with Crippen LogP contribution in [0.25, 0.3) is 16.8 Å². The van der Waals surface area contributed by atoms with E-state index >= 15 is 0 Å². The number of hydrogen-bond acceptors (Lipinski definition) is 5. The maximum Gasteiger partial charge on any atom is 0.179 e. The molecule has 5 rings (SSSR count). The van der Waals surface area contributed by atoms with Crippen LogP contribution in [0.2, 0.25) is 0 Å². The summed E-state index contributed by atoms with van der Waals surface area (Å²) in [6.07, 6.45) is 5.76. The van der Waals surface area contributed by atoms with E-state index in [1.807, 2.05) is 16.7 Å². The topological polar surface area (TPSA) is 93.0 Å². The molecule has 10 heteroatoms. The van der Waals surface area contributed by atoms with Gasteiger partial charge < -0.3 is 4.98 Å². The Bertz CT molecular complexity index is 1160. The molecule has 2 fully saturated rings. The number of sulfone groups is 1. The number of halogens is 2. The number of aromatic nitrogens is 5. The third-order valence-electron chi connectivity index (χ3n) is 6.18. The van der Waals surface area contributed by atoms with Gasteiger partial charge in [0.25, 0.3) is 0 Å². The van der Waals surface area contributed by atoms with E-state index in [4.69, 9.17) is 23.2 Å². The minimum absolute atomic E-state index is 0.0824. The van der Waals surface area contributed by atoms with Crippen LogP contribution >= 0.6 is 23.2 Å². The number of fused-ring (bicyclic) bond motifs is 3. The Morgan fingerprint density at radius 3 is 2.82 bits per heavy atom. The van der Waals surface area contributed by atoms with E-state index < -0.39 is 14.2 Å². The maximum atomic E-state index is 12.6. The Morgan fingerprint density at radius 2 is 2.07 bits per heavy atom. The molecule has 2 aliphatic carbocycles. The van der Waals surface area contributed by atoms with Crippen molar-refractivity contribution in [3.05, 3.63) is 24.3 Å². The van der Waals surface area contributed by atoms with Crippen LogP contribution < -0.4 is 0 Å². The molecule has 0 radical (unpaired) electrons. The van der Waals surface area contributed by atoms with Gasteiger partial charge in [0.05, 0.1) is 23.2 Å². The lowest BCUT2D eigenvalue weighted by molar-refractivity contribution is 0.504. The molecule has 0 aliphatic heterocycles. The highest BCUT2D eigenvalue weighted by Crippen LogP contribution is 2.54.